The van der Waals surface area contributed by atoms with Crippen molar-refractivity contribution in [3.05, 3.63) is 118 Å². The molecular formula is C45H54O8. The van der Waals surface area contributed by atoms with Crippen LogP contribution in [-0.4, -0.2) is 63.1 Å². The fourth-order valence-corrected chi connectivity index (χ4v) is 7.49. The van der Waals surface area contributed by atoms with Gasteiger partial charge in [-0.1, -0.05) is 48.5 Å². The highest BCUT2D eigenvalue weighted by atomic mass is 16.8. The van der Waals surface area contributed by atoms with Crippen molar-refractivity contribution in [2.24, 2.45) is 0 Å². The van der Waals surface area contributed by atoms with E-state index >= 15 is 0 Å². The summed E-state index contributed by atoms with van der Waals surface area (Å²) in [5.74, 6) is 1.55. The first kappa shape index (κ1) is 37.6. The smallest absolute Gasteiger partial charge is 0.185 e. The van der Waals surface area contributed by atoms with E-state index in [-0.39, 0.29) is 0 Å². The maximum Gasteiger partial charge on any atom is 0.185 e. The van der Waals surface area contributed by atoms with Crippen LogP contribution in [0.2, 0.25) is 0 Å². The molecule has 8 heteroatoms. The number of rotatable bonds is 12. The second kappa shape index (κ2) is 13.8. The molecule has 3 aliphatic rings. The van der Waals surface area contributed by atoms with Crippen LogP contribution in [0.15, 0.2) is 84.9 Å². The number of benzene rings is 4. The fraction of sp³-hybridized carbons (Fsp3) is 0.467. The maximum absolute atomic E-state index is 6.61. The second-order valence-corrected chi connectivity index (χ2v) is 16.3. The summed E-state index contributed by atoms with van der Waals surface area (Å²) in [6.45, 7) is 18.6. The molecule has 8 nitrogen and oxygen atoms in total. The van der Waals surface area contributed by atoms with Crippen molar-refractivity contribution in [2.75, 3.05) is 40.6 Å². The van der Waals surface area contributed by atoms with Gasteiger partial charge in [0.05, 0.1) is 41.0 Å². The zero-order valence-corrected chi connectivity index (χ0v) is 32.8. The van der Waals surface area contributed by atoms with E-state index in [4.69, 9.17) is 37.9 Å². The minimum absolute atomic E-state index is 0.464. The van der Waals surface area contributed by atoms with Crippen LogP contribution in [-0.2, 0) is 33.8 Å². The Bertz CT molecular complexity index is 1750. The van der Waals surface area contributed by atoms with Crippen LogP contribution < -0.4 is 9.47 Å². The molecule has 0 spiro atoms. The standard InChI is InChI=1S/C45H54O8/c1-41(2)42(3,4)51-39(50-41)29-11-21-35-36-22-12-30(40-52-43(5,6)44(7,8)53-40)28-38(36)45(37(35)27-29,31-13-17-33(18-14-31)48-25-23-46-9)32-15-19-34(20-16-32)49-26-24-47-10/h11-22,27-28,39-40H,23-26H2,1-10H3. The number of fused-ring (bicyclic) bond motifs is 3. The molecular weight excluding hydrogens is 668 g/mol. The van der Waals surface area contributed by atoms with Crippen molar-refractivity contribution >= 4 is 0 Å². The Kier molecular flexibility index (Phi) is 9.80. The van der Waals surface area contributed by atoms with E-state index in [0.29, 0.717) is 26.4 Å². The SMILES string of the molecule is COCCOc1ccc(C2(c3ccc(OCCOC)cc3)c3cc(C4OC(C)(C)C(C)(C)O4)ccc3-c3ccc(C4OC(C)(C)C(C)(C)O4)cc32)cc1. The summed E-state index contributed by atoms with van der Waals surface area (Å²) in [5, 5.41) is 0. The Labute approximate surface area is 314 Å². The molecule has 0 unspecified atom stereocenters. The molecule has 0 saturated carbocycles. The first-order valence-corrected chi connectivity index (χ1v) is 18.6. The van der Waals surface area contributed by atoms with E-state index in [1.165, 1.54) is 0 Å². The van der Waals surface area contributed by atoms with Gasteiger partial charge in [-0.25, -0.2) is 0 Å². The molecule has 0 bridgehead atoms. The van der Waals surface area contributed by atoms with Crippen LogP contribution in [0.4, 0.5) is 0 Å². The van der Waals surface area contributed by atoms with Gasteiger partial charge in [-0.05, 0) is 125 Å². The summed E-state index contributed by atoms with van der Waals surface area (Å²) in [6.07, 6.45) is -1.06. The van der Waals surface area contributed by atoms with Crippen LogP contribution in [0.1, 0.15) is 101 Å². The Morgan fingerprint density at radius 2 is 0.792 bits per heavy atom. The minimum atomic E-state index is -0.750. The lowest BCUT2D eigenvalue weighted by molar-refractivity contribution is -0.0899. The topological polar surface area (TPSA) is 73.8 Å². The van der Waals surface area contributed by atoms with Crippen LogP contribution in [0, 0.1) is 0 Å². The van der Waals surface area contributed by atoms with Crippen LogP contribution in [0.25, 0.3) is 11.1 Å². The van der Waals surface area contributed by atoms with Crippen LogP contribution in [0.5, 0.6) is 11.5 Å². The molecule has 0 radical (unpaired) electrons. The van der Waals surface area contributed by atoms with Crippen LogP contribution >= 0.6 is 0 Å². The molecule has 0 aromatic heterocycles. The molecule has 7 rings (SSSR count). The van der Waals surface area contributed by atoms with Gasteiger partial charge in [0.25, 0.3) is 0 Å². The van der Waals surface area contributed by atoms with E-state index in [0.717, 1.165) is 56.0 Å². The first-order chi connectivity index (χ1) is 25.1. The summed E-state index contributed by atoms with van der Waals surface area (Å²) in [5.41, 5.74) is 5.97. The Hall–Kier alpha value is -3.76. The van der Waals surface area contributed by atoms with Gasteiger partial charge in [-0.3, -0.25) is 0 Å². The van der Waals surface area contributed by atoms with E-state index in [1.54, 1.807) is 14.2 Å². The number of ether oxygens (including phenoxy) is 8. The highest BCUT2D eigenvalue weighted by Gasteiger charge is 2.53. The van der Waals surface area contributed by atoms with Crippen molar-refractivity contribution in [1.29, 1.82) is 0 Å². The normalized spacial score (nSPS) is 20.6. The minimum Gasteiger partial charge on any atom is -0.491 e. The second-order valence-electron chi connectivity index (χ2n) is 16.3. The van der Waals surface area contributed by atoms with Crippen LogP contribution in [0.3, 0.4) is 0 Å². The van der Waals surface area contributed by atoms with E-state index in [9.17, 15) is 0 Å². The van der Waals surface area contributed by atoms with Gasteiger partial charge in [0.15, 0.2) is 12.6 Å². The van der Waals surface area contributed by atoms with Gasteiger partial charge in [0.1, 0.15) is 24.7 Å². The largest absolute Gasteiger partial charge is 0.491 e. The Morgan fingerprint density at radius 1 is 0.453 bits per heavy atom. The lowest BCUT2D eigenvalue weighted by Crippen LogP contribution is -2.41. The first-order valence-electron chi connectivity index (χ1n) is 18.6. The third-order valence-electron chi connectivity index (χ3n) is 11.9. The Balaban J connectivity index is 1.44. The summed E-state index contributed by atoms with van der Waals surface area (Å²) < 4.78 is 49.0. The van der Waals surface area contributed by atoms with Gasteiger partial charge in [-0.15, -0.1) is 0 Å². The molecule has 2 heterocycles. The van der Waals surface area contributed by atoms with Gasteiger partial charge >= 0.3 is 0 Å². The molecule has 0 amide bonds. The third-order valence-corrected chi connectivity index (χ3v) is 11.9. The van der Waals surface area contributed by atoms with Crippen molar-refractivity contribution in [3.63, 3.8) is 0 Å². The van der Waals surface area contributed by atoms with Crippen molar-refractivity contribution in [2.45, 2.75) is 95.8 Å². The van der Waals surface area contributed by atoms with E-state index in [1.807, 2.05) is 24.3 Å². The van der Waals surface area contributed by atoms with E-state index < -0.39 is 40.4 Å². The number of methoxy groups -OCH3 is 2. The number of hydrogen-bond acceptors (Lipinski definition) is 8. The molecule has 0 N–H and O–H groups in total. The predicted octanol–water partition coefficient (Wildman–Crippen LogP) is 9.31. The van der Waals surface area contributed by atoms with Gasteiger partial charge in [0, 0.05) is 25.3 Å². The summed E-state index contributed by atoms with van der Waals surface area (Å²) in [6, 6.07) is 30.1. The molecule has 2 saturated heterocycles. The highest BCUT2D eigenvalue weighted by Crippen LogP contribution is 2.58. The lowest BCUT2D eigenvalue weighted by Gasteiger charge is -2.35. The maximum atomic E-state index is 6.61. The van der Waals surface area contributed by atoms with E-state index in [2.05, 4.69) is 116 Å². The zero-order chi connectivity index (χ0) is 37.8. The van der Waals surface area contributed by atoms with Gasteiger partial charge in [-0.2, -0.15) is 0 Å². The molecule has 53 heavy (non-hydrogen) atoms. The third kappa shape index (κ3) is 6.47. The van der Waals surface area contributed by atoms with Crippen molar-refractivity contribution < 1.29 is 37.9 Å². The fourth-order valence-electron chi connectivity index (χ4n) is 7.49. The molecule has 4 aromatic rings. The average molecular weight is 723 g/mol. The lowest BCUT2D eigenvalue weighted by atomic mass is 9.67. The number of hydrogen-bond donors (Lipinski definition) is 0. The molecule has 2 aliphatic heterocycles. The molecule has 282 valence electrons. The summed E-state index contributed by atoms with van der Waals surface area (Å²) in [7, 11) is 3.35. The van der Waals surface area contributed by atoms with Crippen molar-refractivity contribution in [1.82, 2.24) is 0 Å². The molecule has 1 aliphatic carbocycles. The predicted molar refractivity (Wildman–Crippen MR) is 205 cm³/mol. The summed E-state index contributed by atoms with van der Waals surface area (Å²) >= 11 is 0. The van der Waals surface area contributed by atoms with Gasteiger partial charge in [0.2, 0.25) is 0 Å². The zero-order valence-electron chi connectivity index (χ0n) is 32.8. The summed E-state index contributed by atoms with van der Waals surface area (Å²) in [4.78, 5) is 0. The van der Waals surface area contributed by atoms with Crippen molar-refractivity contribution in [3.8, 4) is 22.6 Å². The van der Waals surface area contributed by atoms with Gasteiger partial charge < -0.3 is 37.9 Å². The molecule has 0 atom stereocenters. The molecule has 4 aromatic carbocycles. The highest BCUT2D eigenvalue weighted by molar-refractivity contribution is 5.87. The average Bonchev–Trinajstić information content (AvgIpc) is 3.63. The quantitative estimate of drug-likeness (QED) is 0.118. The Morgan fingerprint density at radius 3 is 1.11 bits per heavy atom. The monoisotopic (exact) mass is 722 g/mol. The molecule has 2 fully saturated rings.